The van der Waals surface area contributed by atoms with Crippen LogP contribution in [-0.4, -0.2) is 36.0 Å². The smallest absolute Gasteiger partial charge is 0.0708 e. The van der Waals surface area contributed by atoms with Gasteiger partial charge in [-0.1, -0.05) is 19.3 Å². The zero-order valence-corrected chi connectivity index (χ0v) is 11.4. The molecule has 3 nitrogen and oxygen atoms in total. The van der Waals surface area contributed by atoms with Gasteiger partial charge in [-0.15, -0.1) is 0 Å². The van der Waals surface area contributed by atoms with Crippen LogP contribution in [0.5, 0.6) is 0 Å². The van der Waals surface area contributed by atoms with Crippen molar-refractivity contribution in [3.8, 4) is 0 Å². The fourth-order valence-corrected chi connectivity index (χ4v) is 4.11. The van der Waals surface area contributed by atoms with Crippen LogP contribution < -0.4 is 5.32 Å². The van der Waals surface area contributed by atoms with Crippen LogP contribution >= 0.6 is 0 Å². The number of hydrogen-bond donors (Lipinski definition) is 2. The zero-order chi connectivity index (χ0) is 12.4. The molecule has 0 radical (unpaired) electrons. The first kappa shape index (κ1) is 12.9. The van der Waals surface area contributed by atoms with Gasteiger partial charge >= 0.3 is 0 Å². The first-order valence-corrected chi connectivity index (χ1v) is 7.84. The van der Waals surface area contributed by atoms with Crippen LogP contribution in [0.15, 0.2) is 0 Å². The molecule has 3 unspecified atom stereocenters. The van der Waals surface area contributed by atoms with Gasteiger partial charge in [0.25, 0.3) is 0 Å². The maximum Gasteiger partial charge on any atom is 0.0708 e. The van der Waals surface area contributed by atoms with Crippen molar-refractivity contribution in [3.63, 3.8) is 0 Å². The van der Waals surface area contributed by atoms with E-state index in [1.807, 2.05) is 0 Å². The molecule has 3 fully saturated rings. The molecular formula is C15H27NO2. The average molecular weight is 253 g/mol. The molecule has 0 amide bonds. The van der Waals surface area contributed by atoms with E-state index in [9.17, 15) is 5.11 Å². The van der Waals surface area contributed by atoms with Crippen molar-refractivity contribution in [2.45, 2.75) is 75.6 Å². The highest BCUT2D eigenvalue weighted by atomic mass is 16.5. The van der Waals surface area contributed by atoms with Crippen molar-refractivity contribution < 1.29 is 9.84 Å². The zero-order valence-electron chi connectivity index (χ0n) is 11.4. The summed E-state index contributed by atoms with van der Waals surface area (Å²) in [5, 5.41) is 13.3. The fraction of sp³-hybridized carbons (Fsp3) is 1.00. The minimum Gasteiger partial charge on any atom is -0.393 e. The van der Waals surface area contributed by atoms with Gasteiger partial charge in [0, 0.05) is 13.1 Å². The normalized spacial score (nSPS) is 38.8. The average Bonchev–Trinajstić information content (AvgIpc) is 3.06. The predicted octanol–water partition coefficient (Wildman–Crippen LogP) is 2.23. The van der Waals surface area contributed by atoms with Crippen LogP contribution in [0.1, 0.15) is 57.8 Å². The van der Waals surface area contributed by atoms with E-state index >= 15 is 0 Å². The van der Waals surface area contributed by atoms with E-state index in [2.05, 4.69) is 5.32 Å². The van der Waals surface area contributed by atoms with Gasteiger partial charge in [-0.25, -0.2) is 0 Å². The molecular weight excluding hydrogens is 226 g/mol. The van der Waals surface area contributed by atoms with Crippen LogP contribution in [0.4, 0.5) is 0 Å². The monoisotopic (exact) mass is 253 g/mol. The third kappa shape index (κ3) is 2.73. The number of aliphatic hydroxyl groups excluding tert-OH is 1. The number of aliphatic hydroxyl groups is 1. The lowest BCUT2D eigenvalue weighted by Crippen LogP contribution is -2.35. The molecule has 104 valence electrons. The molecule has 2 aliphatic carbocycles. The summed E-state index contributed by atoms with van der Waals surface area (Å²) in [6, 6.07) is 0. The molecule has 3 atom stereocenters. The van der Waals surface area contributed by atoms with Gasteiger partial charge < -0.3 is 15.2 Å². The lowest BCUT2D eigenvalue weighted by molar-refractivity contribution is -0.0356. The van der Waals surface area contributed by atoms with Gasteiger partial charge in [0.15, 0.2) is 0 Å². The predicted molar refractivity (Wildman–Crippen MR) is 71.5 cm³/mol. The van der Waals surface area contributed by atoms with E-state index < -0.39 is 0 Å². The molecule has 2 saturated carbocycles. The Morgan fingerprint density at radius 2 is 1.83 bits per heavy atom. The van der Waals surface area contributed by atoms with Crippen LogP contribution in [0.3, 0.4) is 0 Å². The second kappa shape index (κ2) is 5.48. The molecule has 0 aromatic heterocycles. The van der Waals surface area contributed by atoms with Gasteiger partial charge in [0.1, 0.15) is 0 Å². The Labute approximate surface area is 110 Å². The molecule has 1 heterocycles. The summed E-state index contributed by atoms with van der Waals surface area (Å²) in [4.78, 5) is 0. The van der Waals surface area contributed by atoms with Crippen LogP contribution in [0.2, 0.25) is 0 Å². The molecule has 0 bridgehead atoms. The van der Waals surface area contributed by atoms with Gasteiger partial charge in [0.05, 0.1) is 17.8 Å². The highest BCUT2D eigenvalue weighted by Gasteiger charge is 2.41. The Kier molecular flexibility index (Phi) is 3.92. The number of hydrogen-bond acceptors (Lipinski definition) is 3. The number of rotatable bonds is 4. The molecule has 3 rings (SSSR count). The summed E-state index contributed by atoms with van der Waals surface area (Å²) in [6.45, 7) is 1.94. The van der Waals surface area contributed by atoms with Gasteiger partial charge in [0.2, 0.25) is 0 Å². The van der Waals surface area contributed by atoms with E-state index in [0.717, 1.165) is 19.5 Å². The minimum atomic E-state index is -0.0665. The van der Waals surface area contributed by atoms with Crippen molar-refractivity contribution in [1.29, 1.82) is 0 Å². The van der Waals surface area contributed by atoms with Crippen molar-refractivity contribution >= 4 is 0 Å². The summed E-state index contributed by atoms with van der Waals surface area (Å²) < 4.78 is 6.28. The van der Waals surface area contributed by atoms with Gasteiger partial charge in [-0.2, -0.15) is 0 Å². The first-order chi connectivity index (χ1) is 8.77. The second-order valence-electron chi connectivity index (χ2n) is 6.59. The second-order valence-corrected chi connectivity index (χ2v) is 6.59. The standard InChI is InChI=1S/C15H27NO2/c17-14-5-3-4-12(14)10-16-11-13-6-9-15(18-13)7-1-2-8-15/h12-14,16-17H,1-11H2. The van der Waals surface area contributed by atoms with Crippen LogP contribution in [0, 0.1) is 5.92 Å². The highest BCUT2D eigenvalue weighted by Crippen LogP contribution is 2.43. The van der Waals surface area contributed by atoms with Crippen molar-refractivity contribution in [1.82, 2.24) is 5.32 Å². The lowest BCUT2D eigenvalue weighted by atomic mass is 9.98. The summed E-state index contributed by atoms with van der Waals surface area (Å²) in [7, 11) is 0. The maximum atomic E-state index is 9.78. The van der Waals surface area contributed by atoms with Crippen molar-refractivity contribution in [2.75, 3.05) is 13.1 Å². The highest BCUT2D eigenvalue weighted by molar-refractivity contribution is 4.93. The van der Waals surface area contributed by atoms with Crippen LogP contribution in [-0.2, 0) is 4.74 Å². The Balaban J connectivity index is 1.37. The molecule has 18 heavy (non-hydrogen) atoms. The third-order valence-corrected chi connectivity index (χ3v) is 5.25. The Morgan fingerprint density at radius 1 is 1.00 bits per heavy atom. The molecule has 1 aliphatic heterocycles. The quantitative estimate of drug-likeness (QED) is 0.807. The first-order valence-electron chi connectivity index (χ1n) is 7.84. The Morgan fingerprint density at radius 3 is 2.56 bits per heavy atom. The summed E-state index contributed by atoms with van der Waals surface area (Å²) in [6.07, 6.45) is 11.5. The third-order valence-electron chi connectivity index (χ3n) is 5.25. The molecule has 1 spiro atoms. The van der Waals surface area contributed by atoms with Gasteiger partial charge in [-0.3, -0.25) is 0 Å². The topological polar surface area (TPSA) is 41.5 Å². The molecule has 0 aromatic carbocycles. The molecule has 3 heteroatoms. The Bertz CT molecular complexity index is 276. The molecule has 1 saturated heterocycles. The molecule has 2 N–H and O–H groups in total. The van der Waals surface area contributed by atoms with Crippen molar-refractivity contribution in [2.24, 2.45) is 5.92 Å². The summed E-state index contributed by atoms with van der Waals surface area (Å²) in [5.41, 5.74) is 0.263. The summed E-state index contributed by atoms with van der Waals surface area (Å²) in [5.74, 6) is 0.479. The molecule has 3 aliphatic rings. The van der Waals surface area contributed by atoms with Crippen molar-refractivity contribution in [3.05, 3.63) is 0 Å². The van der Waals surface area contributed by atoms with E-state index in [1.165, 1.54) is 51.4 Å². The SMILES string of the molecule is OC1CCCC1CNCC1CCC2(CCCC2)O1. The molecule has 0 aromatic rings. The van der Waals surface area contributed by atoms with E-state index in [4.69, 9.17) is 4.74 Å². The van der Waals surface area contributed by atoms with E-state index in [0.29, 0.717) is 12.0 Å². The Hall–Kier alpha value is -0.120. The number of ether oxygens (including phenoxy) is 1. The van der Waals surface area contributed by atoms with E-state index in [1.54, 1.807) is 0 Å². The number of nitrogens with one attached hydrogen (secondary N) is 1. The largest absolute Gasteiger partial charge is 0.393 e. The van der Waals surface area contributed by atoms with E-state index in [-0.39, 0.29) is 11.7 Å². The maximum absolute atomic E-state index is 9.78. The van der Waals surface area contributed by atoms with Crippen LogP contribution in [0.25, 0.3) is 0 Å². The lowest BCUT2D eigenvalue weighted by Gasteiger charge is -2.24. The van der Waals surface area contributed by atoms with Gasteiger partial charge in [-0.05, 0) is 44.4 Å². The minimum absolute atomic E-state index is 0.0665. The summed E-state index contributed by atoms with van der Waals surface area (Å²) >= 11 is 0. The fourth-order valence-electron chi connectivity index (χ4n) is 4.11.